The van der Waals surface area contributed by atoms with Gasteiger partial charge >= 0.3 is 0 Å². The van der Waals surface area contributed by atoms with E-state index in [2.05, 4.69) is 0 Å². The first-order valence-corrected chi connectivity index (χ1v) is 7.22. The lowest BCUT2D eigenvalue weighted by atomic mass is 9.84. The Bertz CT molecular complexity index is 388. The van der Waals surface area contributed by atoms with Gasteiger partial charge in [-0.25, -0.2) is 4.39 Å². The molecule has 0 heterocycles. The lowest BCUT2D eigenvalue weighted by molar-refractivity contribution is 0.317. The molecule has 1 atom stereocenters. The van der Waals surface area contributed by atoms with Gasteiger partial charge in [-0.1, -0.05) is 49.8 Å². The molecule has 100 valence electrons. The highest BCUT2D eigenvalue weighted by molar-refractivity contribution is 6.31. The normalized spacial score (nSPS) is 18.8. The Kier molecular flexibility index (Phi) is 5.02. The zero-order valence-corrected chi connectivity index (χ0v) is 11.4. The van der Waals surface area contributed by atoms with E-state index in [0.717, 1.165) is 24.3 Å². The summed E-state index contributed by atoms with van der Waals surface area (Å²) in [5.74, 6) is 0.484. The van der Waals surface area contributed by atoms with Crippen molar-refractivity contribution in [2.45, 2.75) is 51.0 Å². The Hall–Kier alpha value is -0.600. The molecule has 1 aromatic carbocycles. The fourth-order valence-electron chi connectivity index (χ4n) is 2.90. The topological polar surface area (TPSA) is 26.0 Å². The maximum Gasteiger partial charge on any atom is 0.124 e. The van der Waals surface area contributed by atoms with Crippen molar-refractivity contribution in [1.82, 2.24) is 0 Å². The fraction of sp³-hybridized carbons (Fsp3) is 0.600. The Morgan fingerprint density at radius 2 is 2.00 bits per heavy atom. The molecule has 2 N–H and O–H groups in total. The minimum Gasteiger partial charge on any atom is -0.327 e. The van der Waals surface area contributed by atoms with E-state index >= 15 is 0 Å². The van der Waals surface area contributed by atoms with Gasteiger partial charge in [0, 0.05) is 11.1 Å². The maximum atomic E-state index is 12.9. The second kappa shape index (κ2) is 6.53. The van der Waals surface area contributed by atoms with Gasteiger partial charge in [-0.05, 0) is 36.5 Å². The number of hydrogen-bond acceptors (Lipinski definition) is 1. The van der Waals surface area contributed by atoms with Gasteiger partial charge in [0.25, 0.3) is 0 Å². The third-order valence-electron chi connectivity index (χ3n) is 3.86. The lowest BCUT2D eigenvalue weighted by Crippen LogP contribution is -2.27. The van der Waals surface area contributed by atoms with Crippen LogP contribution in [0.5, 0.6) is 0 Å². The maximum absolute atomic E-state index is 12.9. The van der Waals surface area contributed by atoms with Crippen molar-refractivity contribution in [3.05, 3.63) is 34.6 Å². The highest BCUT2D eigenvalue weighted by Crippen LogP contribution is 2.28. The number of halogens is 2. The zero-order valence-electron chi connectivity index (χ0n) is 10.7. The van der Waals surface area contributed by atoms with Crippen LogP contribution in [-0.4, -0.2) is 6.04 Å². The van der Waals surface area contributed by atoms with Crippen LogP contribution in [0, 0.1) is 11.7 Å². The molecule has 0 amide bonds. The smallest absolute Gasteiger partial charge is 0.124 e. The highest BCUT2D eigenvalue weighted by Gasteiger charge is 2.17. The molecule has 0 aliphatic heterocycles. The molecule has 3 heteroatoms. The van der Waals surface area contributed by atoms with E-state index < -0.39 is 0 Å². The third kappa shape index (κ3) is 3.96. The van der Waals surface area contributed by atoms with Gasteiger partial charge < -0.3 is 5.73 Å². The number of nitrogens with two attached hydrogens (primary N) is 1. The minimum atomic E-state index is -0.287. The van der Waals surface area contributed by atoms with E-state index in [1.54, 1.807) is 6.07 Å². The van der Waals surface area contributed by atoms with Crippen molar-refractivity contribution in [2.24, 2.45) is 11.7 Å². The van der Waals surface area contributed by atoms with Gasteiger partial charge in [0.05, 0.1) is 0 Å². The second-order valence-electron chi connectivity index (χ2n) is 5.44. The predicted molar refractivity (Wildman–Crippen MR) is 74.3 cm³/mol. The van der Waals surface area contributed by atoms with Gasteiger partial charge in [0.2, 0.25) is 0 Å². The number of rotatable bonds is 4. The van der Waals surface area contributed by atoms with Crippen molar-refractivity contribution >= 4 is 11.6 Å². The first-order chi connectivity index (χ1) is 8.65. The molecule has 1 saturated carbocycles. The Labute approximate surface area is 114 Å². The first-order valence-electron chi connectivity index (χ1n) is 6.84. The van der Waals surface area contributed by atoms with Gasteiger partial charge in [-0.2, -0.15) is 0 Å². The zero-order chi connectivity index (χ0) is 13.0. The summed E-state index contributed by atoms with van der Waals surface area (Å²) in [4.78, 5) is 0. The number of benzene rings is 1. The van der Waals surface area contributed by atoms with E-state index in [4.69, 9.17) is 17.3 Å². The van der Waals surface area contributed by atoms with E-state index in [0.29, 0.717) is 5.02 Å². The Balaban J connectivity index is 1.87. The Morgan fingerprint density at radius 3 is 2.67 bits per heavy atom. The van der Waals surface area contributed by atoms with Crippen LogP contribution in [0.2, 0.25) is 5.02 Å². The molecule has 1 aliphatic carbocycles. The van der Waals surface area contributed by atoms with Crippen molar-refractivity contribution < 1.29 is 4.39 Å². The molecular weight excluding hydrogens is 249 g/mol. The monoisotopic (exact) mass is 269 g/mol. The van der Waals surface area contributed by atoms with Crippen LogP contribution in [0.15, 0.2) is 18.2 Å². The molecule has 1 aromatic rings. The van der Waals surface area contributed by atoms with Gasteiger partial charge in [0.1, 0.15) is 5.82 Å². The molecule has 1 unspecified atom stereocenters. The van der Waals surface area contributed by atoms with Crippen LogP contribution in [0.25, 0.3) is 0 Å². The standard InChI is InChI=1S/C15H21ClFN/c16-15-10-13(17)7-6-12(15)9-14(18)8-11-4-2-1-3-5-11/h6-7,10-11,14H,1-5,8-9,18H2. The molecule has 18 heavy (non-hydrogen) atoms. The third-order valence-corrected chi connectivity index (χ3v) is 4.21. The lowest BCUT2D eigenvalue weighted by Gasteiger charge is -2.24. The van der Waals surface area contributed by atoms with E-state index in [1.807, 2.05) is 0 Å². The van der Waals surface area contributed by atoms with Crippen LogP contribution in [-0.2, 0) is 6.42 Å². The van der Waals surface area contributed by atoms with Gasteiger partial charge in [0.15, 0.2) is 0 Å². The fourth-order valence-corrected chi connectivity index (χ4v) is 3.15. The van der Waals surface area contributed by atoms with Crippen LogP contribution < -0.4 is 5.73 Å². The molecule has 1 aliphatic rings. The van der Waals surface area contributed by atoms with Crippen molar-refractivity contribution in [1.29, 1.82) is 0 Å². The van der Waals surface area contributed by atoms with E-state index in [9.17, 15) is 4.39 Å². The van der Waals surface area contributed by atoms with Crippen molar-refractivity contribution in [2.75, 3.05) is 0 Å². The van der Waals surface area contributed by atoms with Gasteiger partial charge in [-0.15, -0.1) is 0 Å². The first kappa shape index (κ1) is 13.8. The van der Waals surface area contributed by atoms with Crippen LogP contribution >= 0.6 is 11.6 Å². The van der Waals surface area contributed by atoms with Crippen molar-refractivity contribution in [3.63, 3.8) is 0 Å². The SMILES string of the molecule is NC(Cc1ccc(F)cc1Cl)CC1CCCCC1. The summed E-state index contributed by atoms with van der Waals surface area (Å²) in [6.45, 7) is 0. The summed E-state index contributed by atoms with van der Waals surface area (Å²) in [5.41, 5.74) is 7.15. The van der Waals surface area contributed by atoms with Crippen LogP contribution in [0.4, 0.5) is 4.39 Å². The molecule has 0 bridgehead atoms. The summed E-state index contributed by atoms with van der Waals surface area (Å²) in [6.07, 6.45) is 8.48. The summed E-state index contributed by atoms with van der Waals surface area (Å²) < 4.78 is 12.9. The van der Waals surface area contributed by atoms with E-state index in [1.165, 1.54) is 44.2 Å². The Morgan fingerprint density at radius 1 is 1.28 bits per heavy atom. The molecule has 1 nitrogen and oxygen atoms in total. The van der Waals surface area contributed by atoms with Gasteiger partial charge in [-0.3, -0.25) is 0 Å². The van der Waals surface area contributed by atoms with Crippen molar-refractivity contribution in [3.8, 4) is 0 Å². The quantitative estimate of drug-likeness (QED) is 0.866. The summed E-state index contributed by atoms with van der Waals surface area (Å²) in [5, 5.41) is 0.495. The molecule has 0 aromatic heterocycles. The molecular formula is C15H21ClFN. The molecule has 1 fully saturated rings. The second-order valence-corrected chi connectivity index (χ2v) is 5.85. The summed E-state index contributed by atoms with van der Waals surface area (Å²) in [7, 11) is 0. The molecule has 2 rings (SSSR count). The minimum absolute atomic E-state index is 0.135. The summed E-state index contributed by atoms with van der Waals surface area (Å²) >= 11 is 6.02. The summed E-state index contributed by atoms with van der Waals surface area (Å²) in [6, 6.07) is 4.70. The molecule has 0 radical (unpaired) electrons. The molecule has 0 spiro atoms. The predicted octanol–water partition coefficient (Wildman–Crippen LogP) is 4.32. The average Bonchev–Trinajstić information content (AvgIpc) is 2.34. The number of hydrogen-bond donors (Lipinski definition) is 1. The molecule has 0 saturated heterocycles. The van der Waals surface area contributed by atoms with E-state index in [-0.39, 0.29) is 11.9 Å². The van der Waals surface area contributed by atoms with Crippen LogP contribution in [0.3, 0.4) is 0 Å². The van der Waals surface area contributed by atoms with Crippen LogP contribution in [0.1, 0.15) is 44.1 Å². The largest absolute Gasteiger partial charge is 0.327 e. The highest BCUT2D eigenvalue weighted by atomic mass is 35.5. The average molecular weight is 270 g/mol.